The van der Waals surface area contributed by atoms with E-state index in [0.717, 1.165) is 37.7 Å². The SMILES string of the molecule is CC(C)=CC(=O)N1CCN(c2ncccn2)CC1. The molecule has 2 rings (SSSR count). The molecule has 96 valence electrons. The van der Waals surface area contributed by atoms with E-state index in [2.05, 4.69) is 14.9 Å². The third kappa shape index (κ3) is 3.06. The summed E-state index contributed by atoms with van der Waals surface area (Å²) < 4.78 is 0. The van der Waals surface area contributed by atoms with Gasteiger partial charge in [0.2, 0.25) is 11.9 Å². The topological polar surface area (TPSA) is 49.3 Å². The number of hydrogen-bond donors (Lipinski definition) is 0. The number of piperazine rings is 1. The van der Waals surface area contributed by atoms with Crippen molar-refractivity contribution in [3.05, 3.63) is 30.1 Å². The van der Waals surface area contributed by atoms with Gasteiger partial charge in [0, 0.05) is 44.6 Å². The van der Waals surface area contributed by atoms with Gasteiger partial charge in [0.05, 0.1) is 0 Å². The van der Waals surface area contributed by atoms with Crippen LogP contribution in [0.2, 0.25) is 0 Å². The minimum Gasteiger partial charge on any atom is -0.337 e. The van der Waals surface area contributed by atoms with Gasteiger partial charge in [-0.3, -0.25) is 4.79 Å². The summed E-state index contributed by atoms with van der Waals surface area (Å²) in [5.74, 6) is 0.843. The maximum Gasteiger partial charge on any atom is 0.246 e. The minimum atomic E-state index is 0.101. The van der Waals surface area contributed by atoms with Crippen molar-refractivity contribution < 1.29 is 4.79 Å². The van der Waals surface area contributed by atoms with Crippen LogP contribution in [-0.2, 0) is 4.79 Å². The zero-order valence-electron chi connectivity index (χ0n) is 10.8. The van der Waals surface area contributed by atoms with E-state index < -0.39 is 0 Å². The van der Waals surface area contributed by atoms with Crippen molar-refractivity contribution >= 4 is 11.9 Å². The van der Waals surface area contributed by atoms with Crippen LogP contribution < -0.4 is 4.90 Å². The number of nitrogens with zero attached hydrogens (tertiary/aromatic N) is 4. The van der Waals surface area contributed by atoms with Gasteiger partial charge in [0.1, 0.15) is 0 Å². The summed E-state index contributed by atoms with van der Waals surface area (Å²) in [5.41, 5.74) is 1.04. The average molecular weight is 246 g/mol. The van der Waals surface area contributed by atoms with Gasteiger partial charge in [0.15, 0.2) is 0 Å². The van der Waals surface area contributed by atoms with Crippen LogP contribution >= 0.6 is 0 Å². The highest BCUT2D eigenvalue weighted by Gasteiger charge is 2.20. The van der Waals surface area contributed by atoms with Crippen molar-refractivity contribution in [3.63, 3.8) is 0 Å². The van der Waals surface area contributed by atoms with Crippen molar-refractivity contribution in [2.45, 2.75) is 13.8 Å². The summed E-state index contributed by atoms with van der Waals surface area (Å²) >= 11 is 0. The standard InChI is InChI=1S/C13H18N4O/c1-11(2)10-12(18)16-6-8-17(9-7-16)13-14-4-3-5-15-13/h3-5,10H,6-9H2,1-2H3. The summed E-state index contributed by atoms with van der Waals surface area (Å²) in [6.07, 6.45) is 5.17. The van der Waals surface area contributed by atoms with Gasteiger partial charge < -0.3 is 9.80 Å². The smallest absolute Gasteiger partial charge is 0.246 e. The summed E-state index contributed by atoms with van der Waals surface area (Å²) in [5, 5.41) is 0. The molecule has 0 radical (unpaired) electrons. The van der Waals surface area contributed by atoms with E-state index in [0.29, 0.717) is 0 Å². The molecule has 1 fully saturated rings. The molecule has 0 N–H and O–H groups in total. The third-order valence-electron chi connectivity index (χ3n) is 2.84. The van der Waals surface area contributed by atoms with E-state index in [-0.39, 0.29) is 5.91 Å². The summed E-state index contributed by atoms with van der Waals surface area (Å²) in [6.45, 7) is 6.89. The summed E-state index contributed by atoms with van der Waals surface area (Å²) in [4.78, 5) is 24.3. The number of amides is 1. The Morgan fingerprint density at radius 2 is 1.78 bits per heavy atom. The fourth-order valence-corrected chi connectivity index (χ4v) is 1.92. The van der Waals surface area contributed by atoms with Gasteiger partial charge in [-0.25, -0.2) is 9.97 Å². The van der Waals surface area contributed by atoms with Gasteiger partial charge >= 0.3 is 0 Å². The summed E-state index contributed by atoms with van der Waals surface area (Å²) in [7, 11) is 0. The molecule has 5 nitrogen and oxygen atoms in total. The van der Waals surface area contributed by atoms with Crippen LogP contribution in [0.3, 0.4) is 0 Å². The van der Waals surface area contributed by atoms with E-state index >= 15 is 0 Å². The van der Waals surface area contributed by atoms with Crippen LogP contribution in [0.25, 0.3) is 0 Å². The van der Waals surface area contributed by atoms with Crippen molar-refractivity contribution in [1.29, 1.82) is 0 Å². The number of carbonyl (C=O) groups is 1. The molecule has 0 bridgehead atoms. The van der Waals surface area contributed by atoms with Crippen molar-refractivity contribution in [3.8, 4) is 0 Å². The molecule has 18 heavy (non-hydrogen) atoms. The first-order valence-electron chi connectivity index (χ1n) is 6.12. The molecular weight excluding hydrogens is 228 g/mol. The van der Waals surface area contributed by atoms with Gasteiger partial charge in [-0.1, -0.05) is 5.57 Å². The first-order chi connectivity index (χ1) is 8.66. The Morgan fingerprint density at radius 3 is 2.33 bits per heavy atom. The Labute approximate surface area is 107 Å². The maximum absolute atomic E-state index is 11.9. The van der Waals surface area contributed by atoms with Crippen LogP contribution in [0.1, 0.15) is 13.8 Å². The Hall–Kier alpha value is -1.91. The van der Waals surface area contributed by atoms with Gasteiger partial charge in [-0.05, 0) is 19.9 Å². The molecule has 1 amide bonds. The first-order valence-corrected chi connectivity index (χ1v) is 6.12. The van der Waals surface area contributed by atoms with Crippen LogP contribution in [0, 0.1) is 0 Å². The second-order valence-corrected chi connectivity index (χ2v) is 4.58. The lowest BCUT2D eigenvalue weighted by Gasteiger charge is -2.34. The molecule has 0 spiro atoms. The van der Waals surface area contributed by atoms with Crippen LogP contribution in [0.5, 0.6) is 0 Å². The molecule has 1 aromatic heterocycles. The lowest BCUT2D eigenvalue weighted by Crippen LogP contribution is -2.48. The van der Waals surface area contributed by atoms with Gasteiger partial charge in [-0.2, -0.15) is 0 Å². The van der Waals surface area contributed by atoms with Crippen LogP contribution in [0.4, 0.5) is 5.95 Å². The molecule has 0 saturated carbocycles. The molecule has 0 aromatic carbocycles. The molecule has 2 heterocycles. The molecule has 0 atom stereocenters. The highest BCUT2D eigenvalue weighted by Crippen LogP contribution is 2.10. The van der Waals surface area contributed by atoms with Crippen molar-refractivity contribution in [2.75, 3.05) is 31.1 Å². The van der Waals surface area contributed by atoms with E-state index in [1.165, 1.54) is 0 Å². The Kier molecular flexibility index (Phi) is 3.92. The Morgan fingerprint density at radius 1 is 1.17 bits per heavy atom. The first kappa shape index (κ1) is 12.5. The number of anilines is 1. The molecule has 1 saturated heterocycles. The highest BCUT2D eigenvalue weighted by atomic mass is 16.2. The lowest BCUT2D eigenvalue weighted by atomic mass is 10.2. The second kappa shape index (κ2) is 5.62. The fourth-order valence-electron chi connectivity index (χ4n) is 1.92. The number of aromatic nitrogens is 2. The van der Waals surface area contributed by atoms with E-state index in [9.17, 15) is 4.79 Å². The van der Waals surface area contributed by atoms with Crippen LogP contribution in [-0.4, -0.2) is 47.0 Å². The number of carbonyl (C=O) groups excluding carboxylic acids is 1. The quantitative estimate of drug-likeness (QED) is 0.733. The zero-order valence-corrected chi connectivity index (χ0v) is 10.8. The van der Waals surface area contributed by atoms with E-state index in [4.69, 9.17) is 0 Å². The molecular formula is C13H18N4O. The molecule has 0 unspecified atom stereocenters. The minimum absolute atomic E-state index is 0.101. The van der Waals surface area contributed by atoms with Gasteiger partial charge in [0.25, 0.3) is 0 Å². The fraction of sp³-hybridized carbons (Fsp3) is 0.462. The number of hydrogen-bond acceptors (Lipinski definition) is 4. The Bertz CT molecular complexity index is 432. The maximum atomic E-state index is 11.9. The Balaban J connectivity index is 1.93. The molecule has 1 aromatic rings. The third-order valence-corrected chi connectivity index (χ3v) is 2.84. The molecule has 1 aliphatic rings. The molecule has 0 aliphatic carbocycles. The lowest BCUT2D eigenvalue weighted by molar-refractivity contribution is -0.126. The average Bonchev–Trinajstić information content (AvgIpc) is 2.39. The van der Waals surface area contributed by atoms with Gasteiger partial charge in [-0.15, -0.1) is 0 Å². The summed E-state index contributed by atoms with van der Waals surface area (Å²) in [6, 6.07) is 1.80. The number of allylic oxidation sites excluding steroid dienone is 1. The molecule has 5 heteroatoms. The monoisotopic (exact) mass is 246 g/mol. The van der Waals surface area contributed by atoms with E-state index in [1.807, 2.05) is 18.7 Å². The van der Waals surface area contributed by atoms with E-state index in [1.54, 1.807) is 24.5 Å². The predicted molar refractivity (Wildman–Crippen MR) is 70.3 cm³/mol. The van der Waals surface area contributed by atoms with Crippen LogP contribution in [0.15, 0.2) is 30.1 Å². The molecule has 1 aliphatic heterocycles. The van der Waals surface area contributed by atoms with Crippen molar-refractivity contribution in [2.24, 2.45) is 0 Å². The van der Waals surface area contributed by atoms with Crippen molar-refractivity contribution in [1.82, 2.24) is 14.9 Å². The zero-order chi connectivity index (χ0) is 13.0. The second-order valence-electron chi connectivity index (χ2n) is 4.58. The largest absolute Gasteiger partial charge is 0.337 e. The normalized spacial score (nSPS) is 15.4. The highest BCUT2D eigenvalue weighted by molar-refractivity contribution is 5.88. The number of rotatable bonds is 2. The predicted octanol–water partition coefficient (Wildman–Crippen LogP) is 1.09.